The molecule has 0 bridgehead atoms. The highest BCUT2D eigenvalue weighted by atomic mass is 16.5. The Hall–Kier alpha value is -4.31. The van der Waals surface area contributed by atoms with E-state index in [9.17, 15) is 0 Å². The van der Waals surface area contributed by atoms with Gasteiger partial charge in [-0.2, -0.15) is 10.3 Å². The number of aromatic nitrogens is 8. The standard InChI is InChI=1S/C26H25N9O/c1-17-3-2-4-21(28-17)25-30-22(24-26(31-25)33-34-32-24)16-19-9-10-27-23(29-19)15-18-5-7-20(8-6-18)35-11-13-36-14-12-35/h2-10H,11-16H2,1H3,(H,30,31,32,33,34). The lowest BCUT2D eigenvalue weighted by Gasteiger charge is -2.28. The molecule has 10 heteroatoms. The van der Waals surface area contributed by atoms with E-state index in [1.165, 1.54) is 5.69 Å². The van der Waals surface area contributed by atoms with Gasteiger partial charge in [-0.3, -0.25) is 0 Å². The minimum Gasteiger partial charge on any atom is -0.378 e. The minimum atomic E-state index is 0.482. The first-order valence-corrected chi connectivity index (χ1v) is 12.0. The number of nitrogens with zero attached hydrogens (tertiary/aromatic N) is 8. The van der Waals surface area contributed by atoms with Crippen LogP contribution < -0.4 is 4.90 Å². The van der Waals surface area contributed by atoms with Crippen LogP contribution in [0.1, 0.15) is 28.5 Å². The molecule has 0 radical (unpaired) electrons. The van der Waals surface area contributed by atoms with Gasteiger partial charge in [-0.15, -0.1) is 5.10 Å². The monoisotopic (exact) mass is 479 g/mol. The molecular weight excluding hydrogens is 454 g/mol. The zero-order chi connectivity index (χ0) is 24.3. The van der Waals surface area contributed by atoms with E-state index in [2.05, 4.69) is 59.5 Å². The number of rotatable bonds is 6. The number of benzene rings is 1. The molecule has 5 heterocycles. The van der Waals surface area contributed by atoms with Crippen molar-refractivity contribution in [1.29, 1.82) is 0 Å². The second-order valence-corrected chi connectivity index (χ2v) is 8.74. The Morgan fingerprint density at radius 2 is 1.75 bits per heavy atom. The highest BCUT2D eigenvalue weighted by Crippen LogP contribution is 2.21. The fourth-order valence-corrected chi connectivity index (χ4v) is 4.33. The molecule has 1 aromatic carbocycles. The predicted octanol–water partition coefficient (Wildman–Crippen LogP) is 2.93. The maximum Gasteiger partial charge on any atom is 0.205 e. The second-order valence-electron chi connectivity index (χ2n) is 8.74. The molecule has 10 nitrogen and oxygen atoms in total. The molecule has 5 aromatic rings. The Morgan fingerprint density at radius 3 is 2.58 bits per heavy atom. The SMILES string of the molecule is Cc1cccc(-c2nc(Cc3ccnc(Cc4ccc(N5CCOCC5)cc4)n3)c3n[nH]nc3n2)n1. The minimum absolute atomic E-state index is 0.482. The highest BCUT2D eigenvalue weighted by molar-refractivity contribution is 5.74. The largest absolute Gasteiger partial charge is 0.378 e. The third kappa shape index (κ3) is 4.76. The molecule has 1 saturated heterocycles. The van der Waals surface area contributed by atoms with Gasteiger partial charge in [-0.1, -0.05) is 18.2 Å². The molecule has 6 rings (SSSR count). The topological polar surface area (TPSA) is 118 Å². The molecule has 4 aromatic heterocycles. The van der Waals surface area contributed by atoms with Crippen molar-refractivity contribution in [3.63, 3.8) is 0 Å². The molecule has 36 heavy (non-hydrogen) atoms. The van der Waals surface area contributed by atoms with Crippen molar-refractivity contribution < 1.29 is 4.74 Å². The molecule has 0 unspecified atom stereocenters. The fraction of sp³-hybridized carbons (Fsp3) is 0.269. The molecule has 0 atom stereocenters. The van der Waals surface area contributed by atoms with Gasteiger partial charge in [0.05, 0.1) is 24.6 Å². The summed E-state index contributed by atoms with van der Waals surface area (Å²) in [7, 11) is 0. The molecule has 1 fully saturated rings. The molecule has 1 N–H and O–H groups in total. The Kier molecular flexibility index (Phi) is 6.00. The lowest BCUT2D eigenvalue weighted by atomic mass is 10.1. The van der Waals surface area contributed by atoms with Crippen LogP contribution in [0, 0.1) is 6.92 Å². The van der Waals surface area contributed by atoms with E-state index in [0.29, 0.717) is 35.5 Å². The van der Waals surface area contributed by atoms with Gasteiger partial charge in [0.15, 0.2) is 11.3 Å². The smallest absolute Gasteiger partial charge is 0.205 e. The van der Waals surface area contributed by atoms with Gasteiger partial charge in [0.25, 0.3) is 0 Å². The van der Waals surface area contributed by atoms with Gasteiger partial charge in [-0.05, 0) is 42.8 Å². The molecule has 0 spiro atoms. The van der Waals surface area contributed by atoms with Crippen LogP contribution in [0.4, 0.5) is 5.69 Å². The number of aromatic amines is 1. The first-order valence-electron chi connectivity index (χ1n) is 12.0. The number of anilines is 1. The van der Waals surface area contributed by atoms with Gasteiger partial charge in [0.1, 0.15) is 11.5 Å². The zero-order valence-corrected chi connectivity index (χ0v) is 19.9. The quantitative estimate of drug-likeness (QED) is 0.392. The van der Waals surface area contributed by atoms with Crippen molar-refractivity contribution in [3.8, 4) is 11.5 Å². The van der Waals surface area contributed by atoms with Crippen molar-refractivity contribution in [3.05, 3.63) is 83.2 Å². The summed E-state index contributed by atoms with van der Waals surface area (Å²) in [5.41, 5.74) is 6.72. The van der Waals surface area contributed by atoms with Crippen LogP contribution in [0.25, 0.3) is 22.7 Å². The molecule has 0 saturated carbocycles. The van der Waals surface area contributed by atoms with Crippen molar-refractivity contribution in [1.82, 2.24) is 40.3 Å². The molecule has 0 aliphatic carbocycles. The van der Waals surface area contributed by atoms with Crippen molar-refractivity contribution in [2.75, 3.05) is 31.2 Å². The summed E-state index contributed by atoms with van der Waals surface area (Å²) in [6, 6.07) is 16.3. The normalized spacial score (nSPS) is 13.9. The van der Waals surface area contributed by atoms with Gasteiger partial charge >= 0.3 is 0 Å². The molecule has 180 valence electrons. The first kappa shape index (κ1) is 22.2. The summed E-state index contributed by atoms with van der Waals surface area (Å²) in [6.45, 7) is 5.34. The van der Waals surface area contributed by atoms with Crippen LogP contribution >= 0.6 is 0 Å². The first-order chi connectivity index (χ1) is 17.7. The molecular formula is C26H25N9O. The van der Waals surface area contributed by atoms with Gasteiger partial charge < -0.3 is 9.64 Å². The van der Waals surface area contributed by atoms with Crippen molar-refractivity contribution in [2.45, 2.75) is 19.8 Å². The lowest BCUT2D eigenvalue weighted by Crippen LogP contribution is -2.36. The van der Waals surface area contributed by atoms with E-state index in [0.717, 1.165) is 54.8 Å². The third-order valence-electron chi connectivity index (χ3n) is 6.16. The van der Waals surface area contributed by atoms with E-state index in [-0.39, 0.29) is 0 Å². The van der Waals surface area contributed by atoms with Crippen molar-refractivity contribution >= 4 is 16.9 Å². The highest BCUT2D eigenvalue weighted by Gasteiger charge is 2.16. The van der Waals surface area contributed by atoms with E-state index in [4.69, 9.17) is 14.7 Å². The average Bonchev–Trinajstić information content (AvgIpc) is 3.39. The third-order valence-corrected chi connectivity index (χ3v) is 6.16. The van der Waals surface area contributed by atoms with Crippen LogP contribution in [0.3, 0.4) is 0 Å². The number of H-pyrrole nitrogens is 1. The summed E-state index contributed by atoms with van der Waals surface area (Å²) in [5, 5.41) is 11.1. The number of hydrogen-bond donors (Lipinski definition) is 1. The molecule has 0 amide bonds. The number of fused-ring (bicyclic) bond motifs is 1. The lowest BCUT2D eigenvalue weighted by molar-refractivity contribution is 0.122. The van der Waals surface area contributed by atoms with Crippen LogP contribution in [0.5, 0.6) is 0 Å². The fourth-order valence-electron chi connectivity index (χ4n) is 4.33. The number of pyridine rings is 1. The molecule has 1 aliphatic heterocycles. The van der Waals surface area contributed by atoms with E-state index in [1.54, 1.807) is 6.20 Å². The van der Waals surface area contributed by atoms with E-state index >= 15 is 0 Å². The summed E-state index contributed by atoms with van der Waals surface area (Å²) in [4.78, 5) is 25.5. The summed E-state index contributed by atoms with van der Waals surface area (Å²) in [5.74, 6) is 1.28. The van der Waals surface area contributed by atoms with Crippen LogP contribution in [0.15, 0.2) is 54.7 Å². The van der Waals surface area contributed by atoms with Gasteiger partial charge in [0.2, 0.25) is 5.65 Å². The van der Waals surface area contributed by atoms with Gasteiger partial charge in [0, 0.05) is 43.5 Å². The van der Waals surface area contributed by atoms with Crippen LogP contribution in [0.2, 0.25) is 0 Å². The number of nitrogens with one attached hydrogen (secondary N) is 1. The zero-order valence-electron chi connectivity index (χ0n) is 19.9. The summed E-state index contributed by atoms with van der Waals surface area (Å²) in [6.07, 6.45) is 2.93. The Balaban J connectivity index is 1.23. The summed E-state index contributed by atoms with van der Waals surface area (Å²) >= 11 is 0. The number of morpholine rings is 1. The van der Waals surface area contributed by atoms with E-state index < -0.39 is 0 Å². The molecule has 1 aliphatic rings. The number of ether oxygens (including phenoxy) is 1. The maximum atomic E-state index is 5.45. The van der Waals surface area contributed by atoms with Crippen molar-refractivity contribution in [2.24, 2.45) is 0 Å². The summed E-state index contributed by atoms with van der Waals surface area (Å²) < 4.78 is 5.45. The second kappa shape index (κ2) is 9.74. The van der Waals surface area contributed by atoms with Crippen LogP contribution in [-0.4, -0.2) is 66.6 Å². The number of aryl methyl sites for hydroxylation is 1. The van der Waals surface area contributed by atoms with E-state index in [1.807, 2.05) is 31.2 Å². The Bertz CT molecular complexity index is 1490. The van der Waals surface area contributed by atoms with Crippen LogP contribution in [-0.2, 0) is 17.6 Å². The number of hydrogen-bond acceptors (Lipinski definition) is 9. The van der Waals surface area contributed by atoms with Gasteiger partial charge in [-0.25, -0.2) is 24.9 Å². The average molecular weight is 480 g/mol. The maximum absolute atomic E-state index is 5.45. The Morgan fingerprint density at radius 1 is 0.889 bits per heavy atom. The predicted molar refractivity (Wildman–Crippen MR) is 135 cm³/mol. The Labute approximate surface area is 207 Å².